The molecular weight excluding hydrogens is 467 g/mol. The third kappa shape index (κ3) is 4.21. The Morgan fingerprint density at radius 1 is 1.19 bits per heavy atom. The highest BCUT2D eigenvalue weighted by Gasteiger charge is 2.34. The number of thiazole rings is 1. The molecule has 3 aromatic rings. The molecule has 1 aliphatic heterocycles. The fraction of sp³-hybridized carbons (Fsp3) is 0.190. The number of alkyl halides is 3. The molecule has 1 aromatic heterocycles. The minimum absolute atomic E-state index is 0.0559. The molecule has 32 heavy (non-hydrogen) atoms. The number of aromatic nitrogens is 1. The fourth-order valence-corrected chi connectivity index (χ4v) is 4.60. The highest BCUT2D eigenvalue weighted by atomic mass is 35.5. The summed E-state index contributed by atoms with van der Waals surface area (Å²) < 4.78 is 42.0. The van der Waals surface area contributed by atoms with Gasteiger partial charge in [-0.25, -0.2) is 0 Å². The van der Waals surface area contributed by atoms with Crippen molar-refractivity contribution in [3.8, 4) is 5.88 Å². The lowest BCUT2D eigenvalue weighted by molar-refractivity contribution is -0.138. The topological polar surface area (TPSA) is 87.2 Å². The highest BCUT2D eigenvalue weighted by Crippen LogP contribution is 2.37. The van der Waals surface area contributed by atoms with Crippen molar-refractivity contribution in [2.24, 2.45) is 10.2 Å². The number of aliphatic hydroxyl groups is 1. The molecule has 2 aromatic carbocycles. The molecule has 6 nitrogen and oxygen atoms in total. The molecule has 11 heteroatoms. The molecular formula is C21H15ClF3N3O3S. The summed E-state index contributed by atoms with van der Waals surface area (Å²) in [6, 6.07) is 8.48. The van der Waals surface area contributed by atoms with Crippen molar-refractivity contribution in [2.75, 3.05) is 6.61 Å². The molecule has 0 unspecified atom stereocenters. The third-order valence-corrected chi connectivity index (χ3v) is 6.21. The van der Waals surface area contributed by atoms with Crippen molar-refractivity contribution in [1.29, 1.82) is 0 Å². The summed E-state index contributed by atoms with van der Waals surface area (Å²) in [6.07, 6.45) is -3.36. The number of hydrogen-bond donors (Lipinski definition) is 2. The Morgan fingerprint density at radius 2 is 1.97 bits per heavy atom. The van der Waals surface area contributed by atoms with Gasteiger partial charge < -0.3 is 10.2 Å². The predicted molar refractivity (Wildman–Crippen MR) is 115 cm³/mol. The lowest BCUT2D eigenvalue weighted by Crippen LogP contribution is -2.17. The molecule has 0 radical (unpaired) electrons. The van der Waals surface area contributed by atoms with Gasteiger partial charge in [-0.05, 0) is 40.6 Å². The van der Waals surface area contributed by atoms with Gasteiger partial charge in [-0.1, -0.05) is 35.1 Å². The number of nitrogens with zero attached hydrogens (tertiary/aromatic N) is 3. The van der Waals surface area contributed by atoms with Gasteiger partial charge in [0.25, 0.3) is 0 Å². The summed E-state index contributed by atoms with van der Waals surface area (Å²) in [7, 11) is 0. The van der Waals surface area contributed by atoms with Crippen LogP contribution in [0.1, 0.15) is 21.6 Å². The fourth-order valence-electron chi connectivity index (χ4n) is 3.45. The normalized spacial score (nSPS) is 13.8. The van der Waals surface area contributed by atoms with Crippen molar-refractivity contribution >= 4 is 34.7 Å². The monoisotopic (exact) mass is 481 g/mol. The molecule has 0 amide bonds. The van der Waals surface area contributed by atoms with Crippen molar-refractivity contribution in [3.63, 3.8) is 0 Å². The van der Waals surface area contributed by atoms with Crippen LogP contribution in [0.5, 0.6) is 5.88 Å². The van der Waals surface area contributed by atoms with Gasteiger partial charge in [0.1, 0.15) is 0 Å². The highest BCUT2D eigenvalue weighted by molar-refractivity contribution is 7.10. The van der Waals surface area contributed by atoms with Crippen molar-refractivity contribution in [1.82, 2.24) is 4.57 Å². The Labute approximate surface area is 187 Å². The maximum Gasteiger partial charge on any atom is 0.416 e. The standard InChI is InChI=1S/C21H15ClF3N3O3S/c22-14-3-1-12(16(9-14)21(23,24)25)8-15(11-2-4-17-13(7-11)10-26-27-17)18-19(30)28(5-6-29)20(31)32-18/h1-4,7,9-10,29-30H,5-6,8H2. The number of halogens is 4. The molecule has 0 spiro atoms. The number of fused-ring (bicyclic) bond motifs is 1. The van der Waals surface area contributed by atoms with Crippen LogP contribution in [0.15, 0.2) is 51.4 Å². The summed E-state index contributed by atoms with van der Waals surface area (Å²) in [5, 5.41) is 28.7. The molecule has 2 N–H and O–H groups in total. The van der Waals surface area contributed by atoms with E-state index < -0.39 is 22.5 Å². The molecule has 166 valence electrons. The second-order valence-electron chi connectivity index (χ2n) is 6.97. The van der Waals surface area contributed by atoms with Gasteiger partial charge in [0.2, 0.25) is 5.88 Å². The van der Waals surface area contributed by atoms with E-state index in [1.165, 1.54) is 18.3 Å². The Hall–Kier alpha value is -2.95. The first-order valence-electron chi connectivity index (χ1n) is 9.33. The third-order valence-electron chi connectivity index (χ3n) is 4.95. The zero-order chi connectivity index (χ0) is 23.0. The maximum absolute atomic E-state index is 13.7. The second-order valence-corrected chi connectivity index (χ2v) is 8.37. The van der Waals surface area contributed by atoms with Crippen LogP contribution in [-0.4, -0.2) is 27.6 Å². The zero-order valence-electron chi connectivity index (χ0n) is 16.2. The largest absolute Gasteiger partial charge is 0.493 e. The van der Waals surface area contributed by atoms with Gasteiger partial charge in [-0.3, -0.25) is 9.36 Å². The number of benzene rings is 2. The number of aliphatic hydroxyl groups excluding tert-OH is 1. The Morgan fingerprint density at radius 3 is 2.69 bits per heavy atom. The molecule has 0 aliphatic carbocycles. The van der Waals surface area contributed by atoms with Crippen molar-refractivity contribution < 1.29 is 23.4 Å². The number of rotatable bonds is 5. The van der Waals surface area contributed by atoms with E-state index in [1.807, 2.05) is 0 Å². The average Bonchev–Trinajstić information content (AvgIpc) is 3.31. The predicted octanol–water partition coefficient (Wildman–Crippen LogP) is 2.69. The van der Waals surface area contributed by atoms with Crippen LogP contribution in [0.2, 0.25) is 5.02 Å². The van der Waals surface area contributed by atoms with Crippen molar-refractivity contribution in [3.05, 3.63) is 83.2 Å². The summed E-state index contributed by atoms with van der Waals surface area (Å²) in [5.74, 6) is -0.412. The SMILES string of the molecule is O=c1sc(C(Cc2ccc(Cl)cc2C(F)(F)F)=c2ccc3c(c2)C=NN=3)c(O)n1CCO. The van der Waals surface area contributed by atoms with Crippen LogP contribution in [0.25, 0.3) is 5.57 Å². The second kappa shape index (κ2) is 8.53. The number of aromatic hydroxyl groups is 1. The van der Waals surface area contributed by atoms with Crippen LogP contribution in [0.3, 0.4) is 0 Å². The summed E-state index contributed by atoms with van der Waals surface area (Å²) in [5.41, 5.74) is 0.0116. The molecule has 4 rings (SSSR count). The van der Waals surface area contributed by atoms with Gasteiger partial charge >= 0.3 is 11.0 Å². The molecule has 0 atom stereocenters. The first kappa shape index (κ1) is 22.3. The molecule has 2 heterocycles. The maximum atomic E-state index is 13.7. The summed E-state index contributed by atoms with van der Waals surface area (Å²) in [6.45, 7) is -0.524. The van der Waals surface area contributed by atoms with E-state index in [-0.39, 0.29) is 35.0 Å². The smallest absolute Gasteiger partial charge is 0.416 e. The van der Waals surface area contributed by atoms with E-state index in [9.17, 15) is 28.2 Å². The Bertz CT molecular complexity index is 1410. The van der Waals surface area contributed by atoms with E-state index >= 15 is 0 Å². The zero-order valence-corrected chi connectivity index (χ0v) is 17.8. The molecule has 0 saturated heterocycles. The van der Waals surface area contributed by atoms with Crippen LogP contribution in [0, 0.1) is 0 Å². The van der Waals surface area contributed by atoms with Gasteiger partial charge in [0.15, 0.2) is 0 Å². The summed E-state index contributed by atoms with van der Waals surface area (Å²) >= 11 is 6.50. The van der Waals surface area contributed by atoms with E-state index in [0.717, 1.165) is 10.6 Å². The van der Waals surface area contributed by atoms with E-state index in [4.69, 9.17) is 11.6 Å². The average molecular weight is 482 g/mol. The number of hydrogen-bond acceptors (Lipinski definition) is 6. The quantitative estimate of drug-likeness (QED) is 0.587. The van der Waals surface area contributed by atoms with Crippen LogP contribution < -0.4 is 15.4 Å². The summed E-state index contributed by atoms with van der Waals surface area (Å²) in [4.78, 5) is 12.0. The Kier molecular flexibility index (Phi) is 5.93. The minimum atomic E-state index is -4.65. The minimum Gasteiger partial charge on any atom is -0.493 e. The van der Waals surface area contributed by atoms with Crippen LogP contribution in [-0.2, 0) is 19.1 Å². The molecule has 1 aliphatic rings. The molecule has 0 fully saturated rings. The van der Waals surface area contributed by atoms with Gasteiger partial charge in [-0.2, -0.15) is 23.4 Å². The first-order valence-corrected chi connectivity index (χ1v) is 10.5. The molecule has 0 bridgehead atoms. The van der Waals surface area contributed by atoms with Gasteiger partial charge in [-0.15, -0.1) is 0 Å². The van der Waals surface area contributed by atoms with E-state index in [2.05, 4.69) is 10.2 Å². The van der Waals surface area contributed by atoms with Gasteiger partial charge in [0, 0.05) is 17.0 Å². The lowest BCUT2D eigenvalue weighted by atomic mass is 9.96. The Balaban J connectivity index is 1.97. The van der Waals surface area contributed by atoms with Gasteiger partial charge in [0.05, 0.1) is 35.2 Å². The van der Waals surface area contributed by atoms with E-state index in [1.54, 1.807) is 18.2 Å². The van der Waals surface area contributed by atoms with Crippen molar-refractivity contribution in [2.45, 2.75) is 19.1 Å². The van der Waals surface area contributed by atoms with Crippen LogP contribution >= 0.6 is 22.9 Å². The lowest BCUT2D eigenvalue weighted by Gasteiger charge is -2.15. The van der Waals surface area contributed by atoms with Crippen LogP contribution in [0.4, 0.5) is 13.2 Å². The first-order chi connectivity index (χ1) is 15.2. The van der Waals surface area contributed by atoms with E-state index in [0.29, 0.717) is 33.0 Å². The molecule has 0 saturated carbocycles.